The third-order valence-electron chi connectivity index (χ3n) is 3.02. The van der Waals surface area contributed by atoms with Crippen molar-refractivity contribution in [2.75, 3.05) is 5.32 Å². The average molecular weight is 271 g/mol. The van der Waals surface area contributed by atoms with Crippen molar-refractivity contribution in [3.63, 3.8) is 0 Å². The summed E-state index contributed by atoms with van der Waals surface area (Å²) >= 11 is 0. The second kappa shape index (κ2) is 6.70. The Bertz CT molecular complexity index is 570. The van der Waals surface area contributed by atoms with E-state index < -0.39 is 0 Å². The first-order valence-electron chi connectivity index (χ1n) is 6.64. The number of benzene rings is 1. The first kappa shape index (κ1) is 14.1. The number of amides is 1. The fourth-order valence-corrected chi connectivity index (χ4v) is 1.83. The van der Waals surface area contributed by atoms with Crippen molar-refractivity contribution >= 4 is 17.4 Å². The Labute approximate surface area is 117 Å². The van der Waals surface area contributed by atoms with Gasteiger partial charge in [-0.05, 0) is 36.2 Å². The minimum atomic E-state index is -0.172. The molecule has 0 fully saturated rings. The Hall–Kier alpha value is -2.36. The van der Waals surface area contributed by atoms with Gasteiger partial charge in [0.15, 0.2) is 11.5 Å². The van der Waals surface area contributed by atoms with E-state index >= 15 is 0 Å². The molecular weight excluding hydrogens is 254 g/mol. The molecule has 0 aliphatic rings. The molecule has 1 amide bonds. The van der Waals surface area contributed by atoms with Gasteiger partial charge in [0.05, 0.1) is 6.26 Å². The number of hydrogen-bond acceptors (Lipinski definition) is 3. The Morgan fingerprint density at radius 1 is 1.10 bits per heavy atom. The van der Waals surface area contributed by atoms with Crippen molar-refractivity contribution in [3.05, 3.63) is 54.0 Å². The van der Waals surface area contributed by atoms with E-state index in [9.17, 15) is 9.59 Å². The molecule has 1 aromatic heterocycles. The van der Waals surface area contributed by atoms with Crippen LogP contribution in [0.5, 0.6) is 0 Å². The topological polar surface area (TPSA) is 59.3 Å². The maximum absolute atomic E-state index is 11.7. The maximum atomic E-state index is 11.7. The molecule has 4 heteroatoms. The summed E-state index contributed by atoms with van der Waals surface area (Å²) in [5, 5.41) is 2.77. The molecule has 0 saturated carbocycles. The number of Topliss-reactive ketones (excluding diaryl/α,β-unsaturated/α-hetero) is 1. The van der Waals surface area contributed by atoms with E-state index in [1.807, 2.05) is 24.3 Å². The lowest BCUT2D eigenvalue weighted by Gasteiger charge is -2.05. The third-order valence-corrected chi connectivity index (χ3v) is 3.02. The van der Waals surface area contributed by atoms with Crippen LogP contribution < -0.4 is 5.32 Å². The van der Waals surface area contributed by atoms with Crippen LogP contribution in [0.25, 0.3) is 0 Å². The van der Waals surface area contributed by atoms with Gasteiger partial charge in [-0.2, -0.15) is 0 Å². The molecule has 4 nitrogen and oxygen atoms in total. The SMILES string of the molecule is CCc1ccc(NC(=O)CCC(=O)c2ccco2)cc1. The predicted octanol–water partition coefficient (Wildman–Crippen LogP) is 3.44. The third kappa shape index (κ3) is 3.82. The highest BCUT2D eigenvalue weighted by atomic mass is 16.3. The van der Waals surface area contributed by atoms with E-state index in [4.69, 9.17) is 4.42 Å². The molecule has 0 aliphatic carbocycles. The van der Waals surface area contributed by atoms with E-state index in [2.05, 4.69) is 12.2 Å². The van der Waals surface area contributed by atoms with Crippen LogP contribution >= 0.6 is 0 Å². The highest BCUT2D eigenvalue weighted by Gasteiger charge is 2.11. The minimum Gasteiger partial charge on any atom is -0.461 e. The van der Waals surface area contributed by atoms with Gasteiger partial charge in [-0.3, -0.25) is 9.59 Å². The van der Waals surface area contributed by atoms with Gasteiger partial charge < -0.3 is 9.73 Å². The summed E-state index contributed by atoms with van der Waals surface area (Å²) in [5.41, 5.74) is 1.97. The Morgan fingerprint density at radius 2 is 1.85 bits per heavy atom. The fraction of sp³-hybridized carbons (Fsp3) is 0.250. The van der Waals surface area contributed by atoms with Gasteiger partial charge in [0.1, 0.15) is 0 Å². The van der Waals surface area contributed by atoms with Gasteiger partial charge in [0, 0.05) is 18.5 Å². The quantitative estimate of drug-likeness (QED) is 0.819. The first-order chi connectivity index (χ1) is 9.69. The van der Waals surface area contributed by atoms with Crippen LogP contribution in [-0.2, 0) is 11.2 Å². The van der Waals surface area contributed by atoms with Gasteiger partial charge in [0.2, 0.25) is 5.91 Å². The summed E-state index contributed by atoms with van der Waals surface area (Å²) in [6, 6.07) is 10.9. The van der Waals surface area contributed by atoms with Crippen molar-refractivity contribution in [2.24, 2.45) is 0 Å². The molecule has 0 atom stereocenters. The lowest BCUT2D eigenvalue weighted by molar-refractivity contribution is -0.116. The smallest absolute Gasteiger partial charge is 0.224 e. The van der Waals surface area contributed by atoms with Crippen LogP contribution in [0.4, 0.5) is 5.69 Å². The number of rotatable bonds is 6. The molecule has 1 aromatic carbocycles. The molecule has 0 unspecified atom stereocenters. The van der Waals surface area contributed by atoms with Crippen LogP contribution in [0.1, 0.15) is 35.9 Å². The molecule has 1 N–H and O–H groups in total. The zero-order valence-corrected chi connectivity index (χ0v) is 11.4. The fourth-order valence-electron chi connectivity index (χ4n) is 1.83. The van der Waals surface area contributed by atoms with E-state index in [1.165, 1.54) is 11.8 Å². The molecule has 2 rings (SSSR count). The monoisotopic (exact) mass is 271 g/mol. The number of anilines is 1. The number of carbonyl (C=O) groups is 2. The zero-order chi connectivity index (χ0) is 14.4. The van der Waals surface area contributed by atoms with E-state index in [0.717, 1.165) is 12.1 Å². The van der Waals surface area contributed by atoms with Crippen LogP contribution in [0.15, 0.2) is 47.1 Å². The predicted molar refractivity (Wildman–Crippen MR) is 76.7 cm³/mol. The number of carbonyl (C=O) groups excluding carboxylic acids is 2. The van der Waals surface area contributed by atoms with Gasteiger partial charge >= 0.3 is 0 Å². The number of hydrogen-bond donors (Lipinski definition) is 1. The van der Waals surface area contributed by atoms with E-state index in [1.54, 1.807) is 12.1 Å². The van der Waals surface area contributed by atoms with Gasteiger partial charge in [-0.15, -0.1) is 0 Å². The van der Waals surface area contributed by atoms with Crippen molar-refractivity contribution in [1.82, 2.24) is 0 Å². The summed E-state index contributed by atoms with van der Waals surface area (Å²) in [6.45, 7) is 2.08. The first-order valence-corrected chi connectivity index (χ1v) is 6.64. The van der Waals surface area contributed by atoms with Crippen molar-refractivity contribution < 1.29 is 14.0 Å². The molecular formula is C16H17NO3. The Balaban J connectivity index is 1.81. The highest BCUT2D eigenvalue weighted by Crippen LogP contribution is 2.11. The normalized spacial score (nSPS) is 10.2. The lowest BCUT2D eigenvalue weighted by atomic mass is 10.1. The van der Waals surface area contributed by atoms with Crippen LogP contribution in [-0.4, -0.2) is 11.7 Å². The molecule has 1 heterocycles. The Morgan fingerprint density at radius 3 is 2.45 bits per heavy atom. The molecule has 0 spiro atoms. The number of aryl methyl sites for hydroxylation is 1. The van der Waals surface area contributed by atoms with E-state index in [0.29, 0.717) is 5.76 Å². The molecule has 0 bridgehead atoms. The molecule has 0 saturated heterocycles. The molecule has 0 aliphatic heterocycles. The molecule has 20 heavy (non-hydrogen) atoms. The second-order valence-corrected chi connectivity index (χ2v) is 4.50. The zero-order valence-electron chi connectivity index (χ0n) is 11.4. The summed E-state index contributed by atoms with van der Waals surface area (Å²) in [5.74, 6) is -0.0364. The number of ketones is 1. The Kier molecular flexibility index (Phi) is 4.71. The van der Waals surface area contributed by atoms with Crippen LogP contribution in [0.2, 0.25) is 0 Å². The summed E-state index contributed by atoms with van der Waals surface area (Å²) < 4.78 is 4.99. The second-order valence-electron chi connectivity index (χ2n) is 4.50. The van der Waals surface area contributed by atoms with Crippen LogP contribution in [0, 0.1) is 0 Å². The molecule has 2 aromatic rings. The lowest BCUT2D eigenvalue weighted by Crippen LogP contribution is -2.13. The van der Waals surface area contributed by atoms with Crippen molar-refractivity contribution in [1.29, 1.82) is 0 Å². The van der Waals surface area contributed by atoms with Gasteiger partial charge in [-0.1, -0.05) is 19.1 Å². The number of nitrogens with one attached hydrogen (secondary N) is 1. The standard InChI is InChI=1S/C16H17NO3/c1-2-12-5-7-13(8-6-12)17-16(19)10-9-14(18)15-4-3-11-20-15/h3-8,11H,2,9-10H2,1H3,(H,17,19). The summed E-state index contributed by atoms with van der Waals surface area (Å²) in [6.07, 6.45) is 2.70. The average Bonchev–Trinajstić information content (AvgIpc) is 3.00. The largest absolute Gasteiger partial charge is 0.461 e. The molecule has 104 valence electrons. The molecule has 0 radical (unpaired) electrons. The van der Waals surface area contributed by atoms with Gasteiger partial charge in [0.25, 0.3) is 0 Å². The van der Waals surface area contributed by atoms with Crippen LogP contribution in [0.3, 0.4) is 0 Å². The minimum absolute atomic E-state index is 0.145. The maximum Gasteiger partial charge on any atom is 0.224 e. The van der Waals surface area contributed by atoms with E-state index in [-0.39, 0.29) is 24.5 Å². The summed E-state index contributed by atoms with van der Waals surface area (Å²) in [4.78, 5) is 23.4. The number of furan rings is 1. The van der Waals surface area contributed by atoms with Crippen molar-refractivity contribution in [3.8, 4) is 0 Å². The highest BCUT2D eigenvalue weighted by molar-refractivity contribution is 5.98. The van der Waals surface area contributed by atoms with Crippen molar-refractivity contribution in [2.45, 2.75) is 26.2 Å². The van der Waals surface area contributed by atoms with Gasteiger partial charge in [-0.25, -0.2) is 0 Å². The summed E-state index contributed by atoms with van der Waals surface area (Å²) in [7, 11) is 0.